The molecule has 2 aromatic rings. The Kier molecular flexibility index (Phi) is 5.05. The molecule has 0 aliphatic heterocycles. The van der Waals surface area contributed by atoms with E-state index in [4.69, 9.17) is 5.73 Å². The highest BCUT2D eigenvalue weighted by atomic mass is 15.4. The van der Waals surface area contributed by atoms with E-state index >= 15 is 0 Å². The molecule has 0 saturated heterocycles. The highest BCUT2D eigenvalue weighted by Crippen LogP contribution is 2.31. The fourth-order valence-electron chi connectivity index (χ4n) is 2.20. The van der Waals surface area contributed by atoms with Gasteiger partial charge in [-0.2, -0.15) is 0 Å². The van der Waals surface area contributed by atoms with Crippen LogP contribution in [-0.4, -0.2) is 22.1 Å². The van der Waals surface area contributed by atoms with Crippen molar-refractivity contribution in [1.29, 1.82) is 0 Å². The number of hydrogen-bond donors (Lipinski definition) is 3. The number of benzene rings is 1. The molecule has 0 aliphatic rings. The van der Waals surface area contributed by atoms with Crippen LogP contribution in [0.4, 0.5) is 23.0 Å². The molecule has 0 radical (unpaired) electrons. The third kappa shape index (κ3) is 4.32. The average molecular weight is 314 g/mol. The standard InChI is InChI=1S/C17H26N6/c1-6-23(13-9-7-8-12(2)10-13)16-14(18)15(19-11-20-16)21-22-17(3,4)5/h7-11,22H,6,18H2,1-5H3,(H,19,20,21). The van der Waals surface area contributed by atoms with Gasteiger partial charge in [0.1, 0.15) is 12.0 Å². The molecule has 0 amide bonds. The Morgan fingerprint density at radius 3 is 2.57 bits per heavy atom. The number of aryl methyl sites for hydroxylation is 1. The first-order chi connectivity index (χ1) is 10.8. The monoisotopic (exact) mass is 314 g/mol. The molecule has 0 saturated carbocycles. The molecule has 0 atom stereocenters. The maximum atomic E-state index is 6.30. The third-order valence-corrected chi connectivity index (χ3v) is 3.30. The van der Waals surface area contributed by atoms with Crippen LogP contribution in [0.1, 0.15) is 33.3 Å². The van der Waals surface area contributed by atoms with E-state index in [2.05, 4.69) is 78.5 Å². The summed E-state index contributed by atoms with van der Waals surface area (Å²) in [7, 11) is 0. The van der Waals surface area contributed by atoms with E-state index in [0.717, 1.165) is 12.2 Å². The quantitative estimate of drug-likeness (QED) is 0.735. The highest BCUT2D eigenvalue weighted by molar-refractivity contribution is 5.79. The van der Waals surface area contributed by atoms with Gasteiger partial charge in [-0.1, -0.05) is 12.1 Å². The van der Waals surface area contributed by atoms with Crippen molar-refractivity contribution < 1.29 is 0 Å². The Labute approximate surface area is 138 Å². The second-order valence-corrected chi connectivity index (χ2v) is 6.54. The van der Waals surface area contributed by atoms with E-state index in [-0.39, 0.29) is 5.54 Å². The predicted octanol–water partition coefficient (Wildman–Crippen LogP) is 3.24. The van der Waals surface area contributed by atoms with Crippen LogP contribution in [0.5, 0.6) is 0 Å². The highest BCUT2D eigenvalue weighted by Gasteiger charge is 2.17. The number of nitrogens with one attached hydrogen (secondary N) is 2. The van der Waals surface area contributed by atoms with Crippen molar-refractivity contribution in [2.45, 2.75) is 40.2 Å². The fraction of sp³-hybridized carbons (Fsp3) is 0.412. The van der Waals surface area contributed by atoms with Crippen molar-refractivity contribution >= 4 is 23.0 Å². The number of rotatable bonds is 5. The molecule has 0 bridgehead atoms. The number of nitrogen functional groups attached to an aromatic ring is 1. The summed E-state index contributed by atoms with van der Waals surface area (Å²) in [5, 5.41) is 0. The third-order valence-electron chi connectivity index (χ3n) is 3.30. The maximum absolute atomic E-state index is 6.30. The van der Waals surface area contributed by atoms with Crippen LogP contribution in [0.2, 0.25) is 0 Å². The summed E-state index contributed by atoms with van der Waals surface area (Å²) in [5.74, 6) is 1.28. The molecule has 2 rings (SSSR count). The molecular formula is C17H26N6. The average Bonchev–Trinajstić information content (AvgIpc) is 2.48. The summed E-state index contributed by atoms with van der Waals surface area (Å²) in [6.45, 7) is 11.1. The zero-order valence-electron chi connectivity index (χ0n) is 14.5. The normalized spacial score (nSPS) is 11.3. The van der Waals surface area contributed by atoms with Crippen molar-refractivity contribution in [1.82, 2.24) is 15.4 Å². The van der Waals surface area contributed by atoms with Gasteiger partial charge in [-0.05, 0) is 52.3 Å². The van der Waals surface area contributed by atoms with Crippen molar-refractivity contribution in [2.75, 3.05) is 22.6 Å². The summed E-state index contributed by atoms with van der Waals surface area (Å²) >= 11 is 0. The lowest BCUT2D eigenvalue weighted by molar-refractivity contribution is 0.464. The number of nitrogens with two attached hydrogens (primary N) is 1. The molecule has 23 heavy (non-hydrogen) atoms. The Morgan fingerprint density at radius 1 is 1.22 bits per heavy atom. The van der Waals surface area contributed by atoms with Crippen molar-refractivity contribution in [3.05, 3.63) is 36.2 Å². The summed E-state index contributed by atoms with van der Waals surface area (Å²) in [6.07, 6.45) is 1.52. The zero-order valence-corrected chi connectivity index (χ0v) is 14.5. The first kappa shape index (κ1) is 17.0. The van der Waals surface area contributed by atoms with Gasteiger partial charge in [0, 0.05) is 17.8 Å². The van der Waals surface area contributed by atoms with Gasteiger partial charge in [-0.3, -0.25) is 0 Å². The van der Waals surface area contributed by atoms with Crippen molar-refractivity contribution in [3.8, 4) is 0 Å². The first-order valence-corrected chi connectivity index (χ1v) is 7.79. The molecular weight excluding hydrogens is 288 g/mol. The van der Waals surface area contributed by atoms with Gasteiger partial charge in [0.25, 0.3) is 0 Å². The van der Waals surface area contributed by atoms with Crippen LogP contribution in [0, 0.1) is 6.92 Å². The molecule has 6 heteroatoms. The van der Waals surface area contributed by atoms with E-state index in [9.17, 15) is 0 Å². The Hall–Kier alpha value is -2.34. The van der Waals surface area contributed by atoms with Gasteiger partial charge < -0.3 is 16.1 Å². The topological polar surface area (TPSA) is 79.1 Å². The van der Waals surface area contributed by atoms with Gasteiger partial charge in [-0.25, -0.2) is 15.4 Å². The first-order valence-electron chi connectivity index (χ1n) is 7.79. The molecule has 6 nitrogen and oxygen atoms in total. The smallest absolute Gasteiger partial charge is 0.169 e. The molecule has 1 heterocycles. The van der Waals surface area contributed by atoms with E-state index in [1.807, 2.05) is 6.07 Å². The minimum atomic E-state index is -0.0987. The van der Waals surface area contributed by atoms with Crippen LogP contribution in [0.15, 0.2) is 30.6 Å². The molecule has 0 fully saturated rings. The van der Waals surface area contributed by atoms with E-state index in [1.54, 1.807) is 0 Å². The Balaban J connectivity index is 2.34. The van der Waals surface area contributed by atoms with Gasteiger partial charge in [0.15, 0.2) is 11.6 Å². The van der Waals surface area contributed by atoms with E-state index < -0.39 is 0 Å². The zero-order chi connectivity index (χ0) is 17.0. The van der Waals surface area contributed by atoms with Crippen molar-refractivity contribution in [2.24, 2.45) is 0 Å². The Morgan fingerprint density at radius 2 is 1.96 bits per heavy atom. The van der Waals surface area contributed by atoms with Crippen LogP contribution < -0.4 is 21.5 Å². The molecule has 0 spiro atoms. The van der Waals surface area contributed by atoms with Crippen LogP contribution >= 0.6 is 0 Å². The number of aromatic nitrogens is 2. The second kappa shape index (κ2) is 6.83. The largest absolute Gasteiger partial charge is 0.393 e. The van der Waals surface area contributed by atoms with Gasteiger partial charge in [0.05, 0.1) is 0 Å². The number of nitrogens with zero attached hydrogens (tertiary/aromatic N) is 3. The number of anilines is 4. The van der Waals surface area contributed by atoms with Gasteiger partial charge in [0.2, 0.25) is 0 Å². The number of hydrogen-bond acceptors (Lipinski definition) is 6. The summed E-state index contributed by atoms with van der Waals surface area (Å²) < 4.78 is 0. The molecule has 124 valence electrons. The molecule has 1 aromatic carbocycles. The molecule has 0 aliphatic carbocycles. The summed E-state index contributed by atoms with van der Waals surface area (Å²) in [5.41, 5.74) is 15.2. The Bertz CT molecular complexity index is 662. The minimum Gasteiger partial charge on any atom is -0.393 e. The lowest BCUT2D eigenvalue weighted by atomic mass is 10.1. The summed E-state index contributed by atoms with van der Waals surface area (Å²) in [4.78, 5) is 10.7. The lowest BCUT2D eigenvalue weighted by Crippen LogP contribution is -2.40. The SMILES string of the molecule is CCN(c1cccc(C)c1)c1ncnc(NNC(C)(C)C)c1N. The number of hydrazine groups is 1. The summed E-state index contributed by atoms with van der Waals surface area (Å²) in [6, 6.07) is 8.27. The van der Waals surface area contributed by atoms with Crippen LogP contribution in [0.25, 0.3) is 0 Å². The lowest BCUT2D eigenvalue weighted by Gasteiger charge is -2.26. The molecule has 1 aromatic heterocycles. The second-order valence-electron chi connectivity index (χ2n) is 6.54. The van der Waals surface area contributed by atoms with Crippen LogP contribution in [-0.2, 0) is 0 Å². The van der Waals surface area contributed by atoms with Crippen LogP contribution in [0.3, 0.4) is 0 Å². The maximum Gasteiger partial charge on any atom is 0.169 e. The van der Waals surface area contributed by atoms with E-state index in [1.165, 1.54) is 11.9 Å². The van der Waals surface area contributed by atoms with Gasteiger partial charge in [-0.15, -0.1) is 0 Å². The minimum absolute atomic E-state index is 0.0987. The van der Waals surface area contributed by atoms with E-state index in [0.29, 0.717) is 17.3 Å². The molecule has 4 N–H and O–H groups in total. The van der Waals surface area contributed by atoms with Gasteiger partial charge >= 0.3 is 0 Å². The molecule has 0 unspecified atom stereocenters. The predicted molar refractivity (Wildman–Crippen MR) is 96.8 cm³/mol. The van der Waals surface area contributed by atoms with Crippen molar-refractivity contribution in [3.63, 3.8) is 0 Å². The fourth-order valence-corrected chi connectivity index (χ4v) is 2.20.